The number of aryl methyl sites for hydroxylation is 1. The first-order chi connectivity index (χ1) is 7.61. The number of rotatable bonds is 5. The van der Waals surface area contributed by atoms with Crippen molar-refractivity contribution in [2.45, 2.75) is 40.0 Å². The molecule has 0 aliphatic carbocycles. The molecular weight excluding hydrogens is 198 g/mol. The third kappa shape index (κ3) is 2.76. The fourth-order valence-corrected chi connectivity index (χ4v) is 1.94. The van der Waals surface area contributed by atoms with E-state index in [4.69, 9.17) is 10.5 Å². The highest BCUT2D eigenvalue weighted by molar-refractivity contribution is 5.46. The molecule has 2 nitrogen and oxygen atoms in total. The van der Waals surface area contributed by atoms with Gasteiger partial charge in [0.25, 0.3) is 0 Å². The second-order valence-corrected chi connectivity index (χ2v) is 4.34. The maximum absolute atomic E-state index is 5.78. The Balaban J connectivity index is 3.11. The summed E-state index contributed by atoms with van der Waals surface area (Å²) < 4.78 is 5.78. The molecule has 2 heteroatoms. The van der Waals surface area contributed by atoms with Crippen LogP contribution in [0.15, 0.2) is 12.1 Å². The topological polar surface area (TPSA) is 35.2 Å². The van der Waals surface area contributed by atoms with Crippen LogP contribution in [0, 0.1) is 13.8 Å². The molecule has 1 rings (SSSR count). The van der Waals surface area contributed by atoms with Crippen LogP contribution < -0.4 is 10.5 Å². The fraction of sp³-hybridized carbons (Fsp3) is 0.571. The molecule has 0 saturated heterocycles. The zero-order chi connectivity index (χ0) is 12.1. The van der Waals surface area contributed by atoms with E-state index in [9.17, 15) is 0 Å². The molecule has 0 saturated carbocycles. The lowest BCUT2D eigenvalue weighted by atomic mass is 9.93. The molecule has 0 radical (unpaired) electrons. The molecule has 0 fully saturated rings. The molecule has 1 aromatic carbocycles. The number of ether oxygens (including phenoxy) is 1. The normalized spacial score (nSPS) is 12.6. The highest BCUT2D eigenvalue weighted by Gasteiger charge is 2.14. The van der Waals surface area contributed by atoms with Gasteiger partial charge in [-0.15, -0.1) is 0 Å². The lowest BCUT2D eigenvalue weighted by Crippen LogP contribution is -2.08. The fourth-order valence-electron chi connectivity index (χ4n) is 1.94. The lowest BCUT2D eigenvalue weighted by Gasteiger charge is -2.19. The highest BCUT2D eigenvalue weighted by atomic mass is 16.5. The average molecular weight is 221 g/mol. The maximum atomic E-state index is 5.78. The minimum Gasteiger partial charge on any atom is -0.493 e. The van der Waals surface area contributed by atoms with Crippen molar-refractivity contribution in [2.75, 3.05) is 13.2 Å². The third-order valence-corrected chi connectivity index (χ3v) is 3.13. The van der Waals surface area contributed by atoms with E-state index in [1.54, 1.807) is 0 Å². The molecule has 90 valence electrons. The standard InChI is InChI=1S/C14H23NO/c1-5-16-14-12(4)10(2)6-7-13(14)11(3)8-9-15/h6-7,11H,5,8-9,15H2,1-4H3. The largest absolute Gasteiger partial charge is 0.493 e. The highest BCUT2D eigenvalue weighted by Crippen LogP contribution is 2.33. The van der Waals surface area contributed by atoms with Gasteiger partial charge in [0.05, 0.1) is 6.61 Å². The molecular formula is C14H23NO. The molecule has 1 atom stereocenters. The molecule has 2 N–H and O–H groups in total. The molecule has 16 heavy (non-hydrogen) atoms. The summed E-state index contributed by atoms with van der Waals surface area (Å²) in [5.74, 6) is 1.52. The Morgan fingerprint density at radius 3 is 2.56 bits per heavy atom. The summed E-state index contributed by atoms with van der Waals surface area (Å²) in [5, 5.41) is 0. The monoisotopic (exact) mass is 221 g/mol. The van der Waals surface area contributed by atoms with Gasteiger partial charge in [0.15, 0.2) is 0 Å². The van der Waals surface area contributed by atoms with Crippen LogP contribution in [0.2, 0.25) is 0 Å². The quantitative estimate of drug-likeness (QED) is 0.829. The Morgan fingerprint density at radius 2 is 2.00 bits per heavy atom. The summed E-state index contributed by atoms with van der Waals surface area (Å²) in [6.45, 7) is 9.92. The summed E-state index contributed by atoms with van der Waals surface area (Å²) >= 11 is 0. The van der Waals surface area contributed by atoms with E-state index < -0.39 is 0 Å². The summed E-state index contributed by atoms with van der Waals surface area (Å²) in [4.78, 5) is 0. The van der Waals surface area contributed by atoms with Crippen molar-refractivity contribution in [2.24, 2.45) is 5.73 Å². The first kappa shape index (κ1) is 13.0. The van der Waals surface area contributed by atoms with E-state index in [1.807, 2.05) is 6.92 Å². The zero-order valence-electron chi connectivity index (χ0n) is 10.8. The minimum absolute atomic E-state index is 0.464. The van der Waals surface area contributed by atoms with Crippen molar-refractivity contribution in [3.63, 3.8) is 0 Å². The summed E-state index contributed by atoms with van der Waals surface area (Å²) in [5.41, 5.74) is 9.44. The average Bonchev–Trinajstić information content (AvgIpc) is 2.25. The molecule has 0 aromatic heterocycles. The van der Waals surface area contributed by atoms with Gasteiger partial charge in [-0.3, -0.25) is 0 Å². The zero-order valence-corrected chi connectivity index (χ0v) is 10.8. The van der Waals surface area contributed by atoms with Gasteiger partial charge < -0.3 is 10.5 Å². The van der Waals surface area contributed by atoms with E-state index >= 15 is 0 Å². The van der Waals surface area contributed by atoms with Crippen LogP contribution in [0.25, 0.3) is 0 Å². The van der Waals surface area contributed by atoms with E-state index in [0.717, 1.165) is 18.7 Å². The van der Waals surface area contributed by atoms with Crippen LogP contribution in [0.4, 0.5) is 0 Å². The maximum Gasteiger partial charge on any atom is 0.125 e. The van der Waals surface area contributed by atoms with Crippen LogP contribution in [-0.2, 0) is 0 Å². The van der Waals surface area contributed by atoms with E-state index in [-0.39, 0.29) is 0 Å². The predicted molar refractivity (Wildman–Crippen MR) is 69.2 cm³/mol. The first-order valence-electron chi connectivity index (χ1n) is 6.04. The van der Waals surface area contributed by atoms with Crippen molar-refractivity contribution in [3.8, 4) is 5.75 Å². The van der Waals surface area contributed by atoms with Gasteiger partial charge in [0, 0.05) is 0 Å². The Labute approximate surface area is 98.8 Å². The third-order valence-electron chi connectivity index (χ3n) is 3.13. The smallest absolute Gasteiger partial charge is 0.125 e. The number of hydrogen-bond acceptors (Lipinski definition) is 2. The molecule has 0 amide bonds. The van der Waals surface area contributed by atoms with Gasteiger partial charge in [-0.2, -0.15) is 0 Å². The Morgan fingerprint density at radius 1 is 1.31 bits per heavy atom. The SMILES string of the molecule is CCOc1c(C(C)CCN)ccc(C)c1C. The molecule has 0 aliphatic heterocycles. The van der Waals surface area contributed by atoms with Gasteiger partial charge in [-0.1, -0.05) is 19.1 Å². The van der Waals surface area contributed by atoms with Crippen molar-refractivity contribution in [1.82, 2.24) is 0 Å². The van der Waals surface area contributed by atoms with Gasteiger partial charge in [0.2, 0.25) is 0 Å². The van der Waals surface area contributed by atoms with Crippen molar-refractivity contribution >= 4 is 0 Å². The molecule has 0 spiro atoms. The predicted octanol–water partition coefficient (Wildman–Crippen LogP) is 3.15. The number of benzene rings is 1. The second-order valence-electron chi connectivity index (χ2n) is 4.34. The summed E-state index contributed by atoms with van der Waals surface area (Å²) in [6.07, 6.45) is 1.00. The van der Waals surface area contributed by atoms with Gasteiger partial charge in [-0.25, -0.2) is 0 Å². The number of hydrogen-bond donors (Lipinski definition) is 1. The van der Waals surface area contributed by atoms with Gasteiger partial charge in [-0.05, 0) is 56.3 Å². The van der Waals surface area contributed by atoms with Crippen LogP contribution in [0.3, 0.4) is 0 Å². The van der Waals surface area contributed by atoms with E-state index in [2.05, 4.69) is 32.9 Å². The van der Waals surface area contributed by atoms with Gasteiger partial charge in [0.1, 0.15) is 5.75 Å². The molecule has 0 heterocycles. The number of nitrogens with two attached hydrogens (primary N) is 1. The Hall–Kier alpha value is -1.02. The van der Waals surface area contributed by atoms with Crippen LogP contribution in [-0.4, -0.2) is 13.2 Å². The van der Waals surface area contributed by atoms with Crippen molar-refractivity contribution < 1.29 is 4.74 Å². The van der Waals surface area contributed by atoms with Crippen molar-refractivity contribution in [3.05, 3.63) is 28.8 Å². The minimum atomic E-state index is 0.464. The Kier molecular flexibility index (Phi) is 4.81. The first-order valence-corrected chi connectivity index (χ1v) is 6.04. The molecule has 1 unspecified atom stereocenters. The van der Waals surface area contributed by atoms with Crippen LogP contribution in [0.1, 0.15) is 42.9 Å². The molecule has 0 bridgehead atoms. The van der Waals surface area contributed by atoms with Crippen molar-refractivity contribution in [1.29, 1.82) is 0 Å². The Bertz CT molecular complexity index is 347. The lowest BCUT2D eigenvalue weighted by molar-refractivity contribution is 0.331. The molecule has 0 aliphatic rings. The van der Waals surface area contributed by atoms with Gasteiger partial charge >= 0.3 is 0 Å². The molecule has 1 aromatic rings. The summed E-state index contributed by atoms with van der Waals surface area (Å²) in [7, 11) is 0. The van der Waals surface area contributed by atoms with Crippen LogP contribution in [0.5, 0.6) is 5.75 Å². The van der Waals surface area contributed by atoms with E-state index in [1.165, 1.54) is 16.7 Å². The second kappa shape index (κ2) is 5.90. The van der Waals surface area contributed by atoms with Crippen LogP contribution >= 0.6 is 0 Å². The summed E-state index contributed by atoms with van der Waals surface area (Å²) in [6, 6.07) is 4.34. The van der Waals surface area contributed by atoms with E-state index in [0.29, 0.717) is 12.5 Å².